The van der Waals surface area contributed by atoms with Crippen LogP contribution in [0.25, 0.3) is 6.08 Å². The molecule has 120 valence electrons. The summed E-state index contributed by atoms with van der Waals surface area (Å²) >= 11 is 7.36. The molecule has 1 heterocycles. The number of benzene rings is 2. The van der Waals surface area contributed by atoms with Crippen molar-refractivity contribution in [3.05, 3.63) is 87.9 Å². The Morgan fingerprint density at radius 3 is 2.62 bits per heavy atom. The fourth-order valence-electron chi connectivity index (χ4n) is 2.13. The number of carbonyl (C=O) groups is 1. The molecule has 1 N–H and O–H groups in total. The second kappa shape index (κ2) is 7.90. The van der Waals surface area contributed by atoms with E-state index < -0.39 is 0 Å². The van der Waals surface area contributed by atoms with Crippen molar-refractivity contribution in [2.75, 3.05) is 5.32 Å². The zero-order chi connectivity index (χ0) is 16.8. The average Bonchev–Trinajstić information content (AvgIpc) is 3.03. The number of aromatic nitrogens is 1. The van der Waals surface area contributed by atoms with Crippen molar-refractivity contribution in [3.8, 4) is 0 Å². The van der Waals surface area contributed by atoms with Crippen molar-refractivity contribution in [3.63, 3.8) is 0 Å². The van der Waals surface area contributed by atoms with E-state index in [0.29, 0.717) is 5.13 Å². The molecule has 0 aliphatic carbocycles. The van der Waals surface area contributed by atoms with E-state index in [9.17, 15) is 4.79 Å². The highest BCUT2D eigenvalue weighted by Gasteiger charge is 2.05. The first-order valence-electron chi connectivity index (χ1n) is 7.42. The molecular formula is C19H15ClN2OS. The largest absolute Gasteiger partial charge is 0.298 e. The number of anilines is 1. The first-order valence-corrected chi connectivity index (χ1v) is 8.62. The molecule has 3 aromatic rings. The Hall–Kier alpha value is -2.43. The smallest absolute Gasteiger partial charge is 0.250 e. The van der Waals surface area contributed by atoms with E-state index in [1.54, 1.807) is 12.3 Å². The Morgan fingerprint density at radius 2 is 1.88 bits per heavy atom. The van der Waals surface area contributed by atoms with Crippen LogP contribution in [0.15, 0.2) is 66.9 Å². The van der Waals surface area contributed by atoms with E-state index in [1.807, 2.05) is 54.6 Å². The van der Waals surface area contributed by atoms with Crippen LogP contribution in [0.5, 0.6) is 0 Å². The molecule has 0 saturated heterocycles. The first kappa shape index (κ1) is 16.4. The Bertz CT molecular complexity index is 841. The van der Waals surface area contributed by atoms with Crippen molar-refractivity contribution >= 4 is 40.1 Å². The SMILES string of the molecule is O=C(/C=C/c1ccccc1)Nc1ncc(Cc2ccc(Cl)cc2)s1. The molecule has 3 nitrogen and oxygen atoms in total. The lowest BCUT2D eigenvalue weighted by Gasteiger charge is -1.98. The maximum Gasteiger partial charge on any atom is 0.250 e. The van der Waals surface area contributed by atoms with Crippen molar-refractivity contribution in [1.29, 1.82) is 0 Å². The molecule has 0 fully saturated rings. The van der Waals surface area contributed by atoms with Crippen LogP contribution in [0.3, 0.4) is 0 Å². The lowest BCUT2D eigenvalue weighted by molar-refractivity contribution is -0.111. The minimum atomic E-state index is -0.189. The quantitative estimate of drug-likeness (QED) is 0.652. The molecule has 0 bridgehead atoms. The van der Waals surface area contributed by atoms with Crippen LogP contribution in [0.2, 0.25) is 5.02 Å². The van der Waals surface area contributed by atoms with Gasteiger partial charge >= 0.3 is 0 Å². The van der Waals surface area contributed by atoms with E-state index in [1.165, 1.54) is 17.4 Å². The molecule has 0 aliphatic rings. The van der Waals surface area contributed by atoms with Gasteiger partial charge in [0.1, 0.15) is 0 Å². The summed E-state index contributed by atoms with van der Waals surface area (Å²) in [7, 11) is 0. The molecular weight excluding hydrogens is 340 g/mol. The third kappa shape index (κ3) is 4.78. The summed E-state index contributed by atoms with van der Waals surface area (Å²) in [5, 5.41) is 4.11. The number of hydrogen-bond acceptors (Lipinski definition) is 3. The Labute approximate surface area is 149 Å². The Morgan fingerprint density at radius 1 is 1.12 bits per heavy atom. The van der Waals surface area contributed by atoms with Gasteiger partial charge in [-0.25, -0.2) is 4.98 Å². The van der Waals surface area contributed by atoms with Gasteiger partial charge in [0.2, 0.25) is 5.91 Å². The fourth-order valence-corrected chi connectivity index (χ4v) is 3.11. The zero-order valence-corrected chi connectivity index (χ0v) is 14.3. The Balaban J connectivity index is 1.58. The third-order valence-corrected chi connectivity index (χ3v) is 4.47. The molecule has 0 atom stereocenters. The van der Waals surface area contributed by atoms with Gasteiger partial charge in [0.05, 0.1) is 0 Å². The fraction of sp³-hybridized carbons (Fsp3) is 0.0526. The van der Waals surface area contributed by atoms with Crippen LogP contribution >= 0.6 is 22.9 Å². The number of halogens is 1. The van der Waals surface area contributed by atoms with Gasteiger partial charge in [-0.15, -0.1) is 11.3 Å². The molecule has 5 heteroatoms. The first-order chi connectivity index (χ1) is 11.7. The molecule has 1 aromatic heterocycles. The van der Waals surface area contributed by atoms with Gasteiger partial charge in [-0.2, -0.15) is 0 Å². The second-order valence-electron chi connectivity index (χ2n) is 5.17. The summed E-state index contributed by atoms with van der Waals surface area (Å²) < 4.78 is 0. The summed E-state index contributed by atoms with van der Waals surface area (Å²) in [6.45, 7) is 0. The number of nitrogens with one attached hydrogen (secondary N) is 1. The lowest BCUT2D eigenvalue weighted by atomic mass is 10.1. The van der Waals surface area contributed by atoms with Gasteiger partial charge in [-0.05, 0) is 29.3 Å². The molecule has 0 saturated carbocycles. The van der Waals surface area contributed by atoms with Gasteiger partial charge in [-0.3, -0.25) is 10.1 Å². The van der Waals surface area contributed by atoms with E-state index in [4.69, 9.17) is 11.6 Å². The average molecular weight is 355 g/mol. The predicted molar refractivity (Wildman–Crippen MR) is 100 cm³/mol. The maximum atomic E-state index is 11.9. The zero-order valence-electron chi connectivity index (χ0n) is 12.8. The van der Waals surface area contributed by atoms with Crippen LogP contribution in [0.1, 0.15) is 16.0 Å². The topological polar surface area (TPSA) is 42.0 Å². The van der Waals surface area contributed by atoms with Gasteiger partial charge < -0.3 is 0 Å². The van der Waals surface area contributed by atoms with Gasteiger partial charge in [-0.1, -0.05) is 54.1 Å². The van der Waals surface area contributed by atoms with Gasteiger partial charge in [0.25, 0.3) is 0 Å². The minimum absolute atomic E-state index is 0.189. The van der Waals surface area contributed by atoms with Crippen LogP contribution in [0.4, 0.5) is 5.13 Å². The monoisotopic (exact) mass is 354 g/mol. The molecule has 0 aliphatic heterocycles. The standard InChI is InChI=1S/C19H15ClN2OS/c20-16-9-6-15(7-10-16)12-17-13-21-19(24-17)22-18(23)11-8-14-4-2-1-3-5-14/h1-11,13H,12H2,(H,21,22,23)/b11-8+. The van der Waals surface area contributed by atoms with Crippen molar-refractivity contribution in [2.45, 2.75) is 6.42 Å². The van der Waals surface area contributed by atoms with E-state index in [2.05, 4.69) is 10.3 Å². The summed E-state index contributed by atoms with van der Waals surface area (Å²) in [5.74, 6) is -0.189. The third-order valence-electron chi connectivity index (χ3n) is 3.30. The lowest BCUT2D eigenvalue weighted by Crippen LogP contribution is -2.06. The molecule has 24 heavy (non-hydrogen) atoms. The summed E-state index contributed by atoms with van der Waals surface area (Å²) in [4.78, 5) is 17.3. The van der Waals surface area contributed by atoms with Crippen LogP contribution in [-0.4, -0.2) is 10.9 Å². The number of amides is 1. The summed E-state index contributed by atoms with van der Waals surface area (Å²) in [5.41, 5.74) is 2.14. The number of hydrogen-bond donors (Lipinski definition) is 1. The molecule has 2 aromatic carbocycles. The predicted octanol–water partition coefficient (Wildman–Crippen LogP) is 5.04. The molecule has 1 amide bonds. The number of rotatable bonds is 5. The summed E-state index contributed by atoms with van der Waals surface area (Å²) in [6, 6.07) is 17.4. The summed E-state index contributed by atoms with van der Waals surface area (Å²) in [6.07, 6.45) is 5.84. The number of carbonyl (C=O) groups excluding carboxylic acids is 1. The van der Waals surface area contributed by atoms with Crippen molar-refractivity contribution < 1.29 is 4.79 Å². The van der Waals surface area contributed by atoms with Crippen LogP contribution in [-0.2, 0) is 11.2 Å². The van der Waals surface area contributed by atoms with Crippen LogP contribution < -0.4 is 5.32 Å². The molecule has 0 radical (unpaired) electrons. The normalized spacial score (nSPS) is 10.9. The van der Waals surface area contributed by atoms with E-state index >= 15 is 0 Å². The number of thiazole rings is 1. The van der Waals surface area contributed by atoms with E-state index in [-0.39, 0.29) is 5.91 Å². The van der Waals surface area contributed by atoms with E-state index in [0.717, 1.165) is 27.4 Å². The maximum absolute atomic E-state index is 11.9. The second-order valence-corrected chi connectivity index (χ2v) is 6.72. The minimum Gasteiger partial charge on any atom is -0.298 e. The van der Waals surface area contributed by atoms with Gasteiger partial charge in [0.15, 0.2) is 5.13 Å². The van der Waals surface area contributed by atoms with Crippen molar-refractivity contribution in [1.82, 2.24) is 4.98 Å². The van der Waals surface area contributed by atoms with Crippen LogP contribution in [0, 0.1) is 0 Å². The van der Waals surface area contributed by atoms with Gasteiger partial charge in [0, 0.05) is 28.6 Å². The molecule has 0 spiro atoms. The molecule has 3 rings (SSSR count). The molecule has 0 unspecified atom stereocenters. The van der Waals surface area contributed by atoms with Crippen molar-refractivity contribution in [2.24, 2.45) is 0 Å². The number of nitrogens with zero attached hydrogens (tertiary/aromatic N) is 1. The highest BCUT2D eigenvalue weighted by Crippen LogP contribution is 2.22. The Kier molecular flexibility index (Phi) is 5.41. The highest BCUT2D eigenvalue weighted by atomic mass is 35.5. The highest BCUT2D eigenvalue weighted by molar-refractivity contribution is 7.15.